The van der Waals surface area contributed by atoms with E-state index in [0.717, 1.165) is 11.3 Å². The monoisotopic (exact) mass is 374 g/mol. The van der Waals surface area contributed by atoms with Gasteiger partial charge in [0.1, 0.15) is 0 Å². The van der Waals surface area contributed by atoms with Crippen LogP contribution in [0.5, 0.6) is 0 Å². The van der Waals surface area contributed by atoms with Crippen LogP contribution in [0, 0.1) is 0 Å². The van der Waals surface area contributed by atoms with Crippen molar-refractivity contribution in [3.05, 3.63) is 44.6 Å². The van der Waals surface area contributed by atoms with E-state index in [1.54, 1.807) is 23.5 Å². The predicted octanol–water partition coefficient (Wildman–Crippen LogP) is 3.13. The molecule has 0 saturated heterocycles. The van der Waals surface area contributed by atoms with E-state index in [1.807, 2.05) is 11.4 Å². The van der Waals surface area contributed by atoms with Crippen LogP contribution in [0.2, 0.25) is 0 Å². The Morgan fingerprint density at radius 2 is 2.10 bits per heavy atom. The molecule has 1 heterocycles. The minimum atomic E-state index is -3.55. The first-order chi connectivity index (χ1) is 9.44. The number of rotatable bonds is 5. The van der Waals surface area contributed by atoms with E-state index in [0.29, 0.717) is 16.7 Å². The number of hydrogen-bond donors (Lipinski definition) is 2. The minimum absolute atomic E-state index is 0.196. The largest absolute Gasteiger partial charge is 0.399 e. The fraction of sp³-hybridized carbons (Fsp3) is 0.231. The Labute approximate surface area is 131 Å². The molecular weight excluding hydrogens is 360 g/mol. The van der Waals surface area contributed by atoms with Gasteiger partial charge in [-0.05, 0) is 57.6 Å². The average molecular weight is 375 g/mol. The van der Waals surface area contributed by atoms with Crippen molar-refractivity contribution in [1.29, 1.82) is 0 Å². The zero-order chi connectivity index (χ0) is 14.8. The molecule has 0 saturated carbocycles. The molecule has 0 fully saturated rings. The van der Waals surface area contributed by atoms with Gasteiger partial charge >= 0.3 is 0 Å². The molecule has 0 aliphatic rings. The van der Waals surface area contributed by atoms with Gasteiger partial charge in [-0.15, -0.1) is 11.3 Å². The van der Waals surface area contributed by atoms with Crippen molar-refractivity contribution in [3.63, 3.8) is 0 Å². The van der Waals surface area contributed by atoms with Gasteiger partial charge in [-0.1, -0.05) is 6.92 Å². The third-order valence-corrected chi connectivity index (χ3v) is 6.23. The quantitative estimate of drug-likeness (QED) is 0.789. The average Bonchev–Trinajstić information content (AvgIpc) is 2.83. The van der Waals surface area contributed by atoms with Crippen LogP contribution in [0.1, 0.15) is 17.4 Å². The highest BCUT2D eigenvalue weighted by molar-refractivity contribution is 9.10. The third kappa shape index (κ3) is 3.41. The van der Waals surface area contributed by atoms with E-state index in [4.69, 9.17) is 5.73 Å². The van der Waals surface area contributed by atoms with Crippen molar-refractivity contribution in [2.75, 3.05) is 5.73 Å². The summed E-state index contributed by atoms with van der Waals surface area (Å²) in [4.78, 5) is 1.24. The minimum Gasteiger partial charge on any atom is -0.399 e. The van der Waals surface area contributed by atoms with Crippen molar-refractivity contribution in [1.82, 2.24) is 4.72 Å². The van der Waals surface area contributed by atoms with Crippen LogP contribution in [-0.4, -0.2) is 8.42 Å². The Morgan fingerprint density at radius 3 is 2.75 bits per heavy atom. The summed E-state index contributed by atoms with van der Waals surface area (Å²) in [6, 6.07) is 6.67. The molecule has 2 rings (SSSR count). The van der Waals surface area contributed by atoms with E-state index in [9.17, 15) is 8.42 Å². The van der Waals surface area contributed by atoms with E-state index >= 15 is 0 Å². The van der Waals surface area contributed by atoms with Gasteiger partial charge in [0.05, 0.1) is 4.90 Å². The number of halogens is 1. The smallest absolute Gasteiger partial charge is 0.242 e. The zero-order valence-electron chi connectivity index (χ0n) is 10.9. The summed E-state index contributed by atoms with van der Waals surface area (Å²) in [5.74, 6) is 0. The number of thiophene rings is 1. The highest BCUT2D eigenvalue weighted by Gasteiger charge is 2.18. The van der Waals surface area contributed by atoms with Gasteiger partial charge < -0.3 is 5.73 Å². The number of benzene rings is 1. The van der Waals surface area contributed by atoms with Gasteiger partial charge in [0.2, 0.25) is 10.0 Å². The summed E-state index contributed by atoms with van der Waals surface area (Å²) >= 11 is 4.79. The molecule has 7 heteroatoms. The van der Waals surface area contributed by atoms with E-state index in [-0.39, 0.29) is 4.90 Å². The maximum atomic E-state index is 12.3. The number of nitrogens with two attached hydrogens (primary N) is 1. The van der Waals surface area contributed by atoms with Crippen molar-refractivity contribution in [2.45, 2.75) is 24.8 Å². The number of nitrogens with one attached hydrogen (secondary N) is 1. The second-order valence-corrected chi connectivity index (χ2v) is 7.83. The summed E-state index contributed by atoms with van der Waals surface area (Å²) in [5.41, 5.74) is 7.31. The lowest BCUT2D eigenvalue weighted by Crippen LogP contribution is -2.23. The van der Waals surface area contributed by atoms with Crippen molar-refractivity contribution >= 4 is 43.0 Å². The zero-order valence-corrected chi connectivity index (χ0v) is 14.1. The summed E-state index contributed by atoms with van der Waals surface area (Å²) in [6.45, 7) is 2.36. The van der Waals surface area contributed by atoms with Gasteiger partial charge in [-0.2, -0.15) is 0 Å². The molecule has 1 aromatic carbocycles. The van der Waals surface area contributed by atoms with Gasteiger partial charge in [0.25, 0.3) is 0 Å². The van der Waals surface area contributed by atoms with Crippen LogP contribution >= 0.6 is 27.3 Å². The molecule has 3 N–H and O–H groups in total. The number of nitrogen functional groups attached to an aromatic ring is 1. The molecule has 0 radical (unpaired) electrons. The Bertz CT molecular complexity index is 711. The molecular formula is C13H15BrN2O2S2. The first-order valence-electron chi connectivity index (χ1n) is 6.04. The Kier molecular flexibility index (Phi) is 4.85. The summed E-state index contributed by atoms with van der Waals surface area (Å²) in [7, 11) is -3.55. The normalized spacial score (nSPS) is 11.7. The summed E-state index contributed by atoms with van der Waals surface area (Å²) in [5, 5.41) is 1.97. The molecule has 0 aliphatic heterocycles. The van der Waals surface area contributed by atoms with Gasteiger partial charge in [-0.3, -0.25) is 0 Å². The van der Waals surface area contributed by atoms with Crippen molar-refractivity contribution < 1.29 is 8.42 Å². The van der Waals surface area contributed by atoms with Crippen molar-refractivity contribution in [3.8, 4) is 0 Å². The first-order valence-corrected chi connectivity index (χ1v) is 9.19. The van der Waals surface area contributed by atoms with Crippen LogP contribution in [0.3, 0.4) is 0 Å². The van der Waals surface area contributed by atoms with Crippen LogP contribution < -0.4 is 10.5 Å². The van der Waals surface area contributed by atoms with Gasteiger partial charge in [0, 0.05) is 21.6 Å². The molecule has 4 nitrogen and oxygen atoms in total. The number of anilines is 1. The lowest BCUT2D eigenvalue weighted by atomic mass is 10.2. The van der Waals surface area contributed by atoms with Crippen LogP contribution in [-0.2, 0) is 23.0 Å². The van der Waals surface area contributed by atoms with Crippen LogP contribution in [0.25, 0.3) is 0 Å². The number of aryl methyl sites for hydroxylation is 1. The summed E-state index contributed by atoms with van der Waals surface area (Å²) in [6.07, 6.45) is 0.895. The second kappa shape index (κ2) is 6.26. The molecule has 0 amide bonds. The Balaban J connectivity index is 2.19. The Hall–Kier alpha value is -0.890. The summed E-state index contributed by atoms with van der Waals surface area (Å²) < 4.78 is 27.7. The fourth-order valence-corrected chi connectivity index (χ4v) is 4.91. The predicted molar refractivity (Wildman–Crippen MR) is 86.3 cm³/mol. The fourth-order valence-electron chi connectivity index (χ4n) is 1.81. The first kappa shape index (κ1) is 15.5. The molecule has 0 atom stereocenters. The molecule has 0 aliphatic carbocycles. The molecule has 0 bridgehead atoms. The number of sulfonamides is 1. The van der Waals surface area contributed by atoms with Gasteiger partial charge in [-0.25, -0.2) is 13.1 Å². The molecule has 20 heavy (non-hydrogen) atoms. The van der Waals surface area contributed by atoms with Crippen LogP contribution in [0.4, 0.5) is 5.69 Å². The standard InChI is InChI=1S/C13H15BrN2O2S2/c1-2-9-5-6-19-12(9)8-16-20(17,18)13-4-3-10(15)7-11(13)14/h3-7,16H,2,8,15H2,1H3. The van der Waals surface area contributed by atoms with Crippen molar-refractivity contribution in [2.24, 2.45) is 0 Å². The maximum Gasteiger partial charge on any atom is 0.242 e. The molecule has 0 unspecified atom stereocenters. The second-order valence-electron chi connectivity index (χ2n) is 4.24. The van der Waals surface area contributed by atoms with E-state index in [1.165, 1.54) is 11.6 Å². The maximum absolute atomic E-state index is 12.3. The topological polar surface area (TPSA) is 72.2 Å². The lowest BCUT2D eigenvalue weighted by molar-refractivity contribution is 0.581. The lowest BCUT2D eigenvalue weighted by Gasteiger charge is -2.09. The molecule has 2 aromatic rings. The van der Waals surface area contributed by atoms with Gasteiger partial charge in [0.15, 0.2) is 0 Å². The third-order valence-electron chi connectivity index (χ3n) is 2.89. The highest BCUT2D eigenvalue weighted by Crippen LogP contribution is 2.25. The van der Waals surface area contributed by atoms with E-state index in [2.05, 4.69) is 27.6 Å². The van der Waals surface area contributed by atoms with Crippen LogP contribution in [0.15, 0.2) is 39.0 Å². The highest BCUT2D eigenvalue weighted by atomic mass is 79.9. The SMILES string of the molecule is CCc1ccsc1CNS(=O)(=O)c1ccc(N)cc1Br. The number of hydrogen-bond acceptors (Lipinski definition) is 4. The molecule has 1 aromatic heterocycles. The molecule has 0 spiro atoms. The Morgan fingerprint density at radius 1 is 1.35 bits per heavy atom. The molecule has 108 valence electrons. The van der Waals surface area contributed by atoms with E-state index < -0.39 is 10.0 Å².